The van der Waals surface area contributed by atoms with E-state index in [1.165, 1.54) is 0 Å². The lowest BCUT2D eigenvalue weighted by Gasteiger charge is -2.37. The fourth-order valence-corrected chi connectivity index (χ4v) is 5.04. The van der Waals surface area contributed by atoms with E-state index in [4.69, 9.17) is 4.74 Å². The Hall–Kier alpha value is -3.64. The van der Waals surface area contributed by atoms with Crippen LogP contribution in [0.4, 0.5) is 23.7 Å². The summed E-state index contributed by atoms with van der Waals surface area (Å²) in [5.74, 6) is -1.65. The number of anilines is 1. The molecule has 1 atom stereocenters. The molecule has 250 valence electrons. The van der Waals surface area contributed by atoms with E-state index in [1.54, 1.807) is 20.8 Å². The van der Waals surface area contributed by atoms with Crippen molar-refractivity contribution in [3.63, 3.8) is 0 Å². The van der Waals surface area contributed by atoms with Gasteiger partial charge in [0.2, 0.25) is 5.91 Å². The highest BCUT2D eigenvalue weighted by molar-refractivity contribution is 6.04. The maximum absolute atomic E-state index is 13.5. The van der Waals surface area contributed by atoms with E-state index < -0.39 is 59.0 Å². The average Bonchev–Trinajstić information content (AvgIpc) is 2.91. The molecule has 45 heavy (non-hydrogen) atoms. The molecule has 9 nitrogen and oxygen atoms in total. The summed E-state index contributed by atoms with van der Waals surface area (Å²) in [5, 5.41) is 22.4. The standard InChI is InChI=1S/C33H47F3N4O5/c1-8-14-32(44,15-9-2)27(19-37-18-23-11-10-21(3)16-22(23)4)40-28(41)20-38-29(42)25-17-24(33(34,35)36)12-13-26(25)39-30(43)45-31(5,6)7/h10-13,16-17,27,37,44H,8-9,14-15,18-20H2,1-7H3,(H,38,42)(H,39,43)(H,40,41)/t27-/m0/s1. The van der Waals surface area contributed by atoms with E-state index in [0.29, 0.717) is 38.3 Å². The third kappa shape index (κ3) is 12.0. The summed E-state index contributed by atoms with van der Waals surface area (Å²) in [6.07, 6.45) is -3.53. The topological polar surface area (TPSA) is 129 Å². The number of carbonyl (C=O) groups is 3. The van der Waals surface area contributed by atoms with E-state index in [1.807, 2.05) is 39.8 Å². The number of halogens is 3. The van der Waals surface area contributed by atoms with Crippen LogP contribution in [0, 0.1) is 13.8 Å². The number of amides is 3. The quantitative estimate of drug-likeness (QED) is 0.173. The molecule has 0 saturated heterocycles. The number of nitrogens with one attached hydrogen (secondary N) is 4. The summed E-state index contributed by atoms with van der Waals surface area (Å²) in [7, 11) is 0. The van der Waals surface area contributed by atoms with Crippen LogP contribution in [-0.2, 0) is 22.3 Å². The number of rotatable bonds is 14. The molecule has 2 aromatic carbocycles. The van der Waals surface area contributed by atoms with Gasteiger partial charge in [0.05, 0.1) is 35.0 Å². The first-order valence-corrected chi connectivity index (χ1v) is 15.2. The minimum atomic E-state index is -4.75. The smallest absolute Gasteiger partial charge is 0.416 e. The maximum Gasteiger partial charge on any atom is 0.416 e. The molecule has 0 aliphatic rings. The van der Waals surface area contributed by atoms with Crippen LogP contribution in [0.2, 0.25) is 0 Å². The zero-order valence-electron chi connectivity index (χ0n) is 27.2. The number of benzene rings is 2. The summed E-state index contributed by atoms with van der Waals surface area (Å²) in [4.78, 5) is 38.5. The van der Waals surface area contributed by atoms with Gasteiger partial charge in [0.25, 0.3) is 5.91 Å². The highest BCUT2D eigenvalue weighted by atomic mass is 19.4. The number of aliphatic hydroxyl groups is 1. The first-order chi connectivity index (χ1) is 20.9. The van der Waals surface area contributed by atoms with Gasteiger partial charge in [0, 0.05) is 13.1 Å². The van der Waals surface area contributed by atoms with Gasteiger partial charge in [-0.25, -0.2) is 4.79 Å². The molecule has 3 amide bonds. The number of aryl methyl sites for hydroxylation is 2. The van der Waals surface area contributed by atoms with Crippen molar-refractivity contribution < 1.29 is 37.4 Å². The molecule has 0 unspecified atom stereocenters. The van der Waals surface area contributed by atoms with Gasteiger partial charge in [-0.1, -0.05) is 50.5 Å². The lowest BCUT2D eigenvalue weighted by molar-refractivity contribution is -0.137. The fourth-order valence-electron chi connectivity index (χ4n) is 5.04. The van der Waals surface area contributed by atoms with Gasteiger partial charge in [-0.3, -0.25) is 14.9 Å². The molecule has 12 heteroatoms. The van der Waals surface area contributed by atoms with Crippen molar-refractivity contribution in [2.24, 2.45) is 0 Å². The van der Waals surface area contributed by atoms with Gasteiger partial charge < -0.3 is 25.8 Å². The van der Waals surface area contributed by atoms with E-state index in [0.717, 1.165) is 28.8 Å². The van der Waals surface area contributed by atoms with E-state index in [-0.39, 0.29) is 12.2 Å². The first-order valence-electron chi connectivity index (χ1n) is 15.2. The largest absolute Gasteiger partial charge is 0.444 e. The molecule has 0 bridgehead atoms. The Kier molecular flexibility index (Phi) is 13.4. The number of alkyl halides is 3. The number of hydrogen-bond acceptors (Lipinski definition) is 6. The predicted molar refractivity (Wildman–Crippen MR) is 168 cm³/mol. The summed E-state index contributed by atoms with van der Waals surface area (Å²) in [5.41, 5.74) is -0.620. The van der Waals surface area contributed by atoms with Gasteiger partial charge in [0.15, 0.2) is 0 Å². The van der Waals surface area contributed by atoms with Crippen LogP contribution in [0.1, 0.15) is 92.9 Å². The second kappa shape index (κ2) is 16.1. The number of ether oxygens (including phenoxy) is 1. The van der Waals surface area contributed by atoms with Crippen molar-refractivity contribution in [3.8, 4) is 0 Å². The van der Waals surface area contributed by atoms with Crippen molar-refractivity contribution in [2.45, 2.75) is 104 Å². The number of hydrogen-bond donors (Lipinski definition) is 5. The second-order valence-corrected chi connectivity index (χ2v) is 12.4. The Morgan fingerprint density at radius 3 is 2.16 bits per heavy atom. The lowest BCUT2D eigenvalue weighted by atomic mass is 9.84. The molecule has 0 aliphatic carbocycles. The Bertz CT molecular complexity index is 1320. The summed E-state index contributed by atoms with van der Waals surface area (Å²) in [6.45, 7) is 12.9. The minimum Gasteiger partial charge on any atom is -0.444 e. The van der Waals surface area contributed by atoms with Gasteiger partial charge in [-0.05, 0) is 76.8 Å². The zero-order valence-corrected chi connectivity index (χ0v) is 27.2. The van der Waals surface area contributed by atoms with Crippen molar-refractivity contribution in [3.05, 3.63) is 64.2 Å². The van der Waals surface area contributed by atoms with Crippen LogP contribution in [0.25, 0.3) is 0 Å². The summed E-state index contributed by atoms with van der Waals surface area (Å²) >= 11 is 0. The average molecular weight is 637 g/mol. The van der Waals surface area contributed by atoms with Crippen molar-refractivity contribution >= 4 is 23.6 Å². The third-order valence-electron chi connectivity index (χ3n) is 7.15. The molecule has 2 rings (SSSR count). The van der Waals surface area contributed by atoms with Crippen LogP contribution in [0.5, 0.6) is 0 Å². The lowest BCUT2D eigenvalue weighted by Crippen LogP contribution is -2.58. The van der Waals surface area contributed by atoms with Crippen LogP contribution in [-0.4, -0.2) is 53.3 Å². The van der Waals surface area contributed by atoms with Gasteiger partial charge in [0.1, 0.15) is 5.60 Å². The van der Waals surface area contributed by atoms with Crippen molar-refractivity contribution in [1.29, 1.82) is 0 Å². The predicted octanol–water partition coefficient (Wildman–Crippen LogP) is 6.00. The van der Waals surface area contributed by atoms with Gasteiger partial charge in [-0.2, -0.15) is 13.2 Å². The van der Waals surface area contributed by atoms with E-state index >= 15 is 0 Å². The van der Waals surface area contributed by atoms with Crippen molar-refractivity contribution in [1.82, 2.24) is 16.0 Å². The van der Waals surface area contributed by atoms with Crippen LogP contribution in [0.3, 0.4) is 0 Å². The van der Waals surface area contributed by atoms with Crippen LogP contribution >= 0.6 is 0 Å². The van der Waals surface area contributed by atoms with Gasteiger partial charge >= 0.3 is 12.3 Å². The summed E-state index contributed by atoms with van der Waals surface area (Å²) in [6, 6.07) is 7.66. The molecule has 0 radical (unpaired) electrons. The van der Waals surface area contributed by atoms with Crippen molar-refractivity contribution in [2.75, 3.05) is 18.4 Å². The highest BCUT2D eigenvalue weighted by Crippen LogP contribution is 2.32. The fraction of sp³-hybridized carbons (Fsp3) is 0.545. The molecular formula is C33H47F3N4O5. The molecule has 0 aromatic heterocycles. The third-order valence-corrected chi connectivity index (χ3v) is 7.15. The molecule has 2 aromatic rings. The number of carbonyl (C=O) groups excluding carboxylic acids is 3. The molecule has 0 aliphatic heterocycles. The SMILES string of the molecule is CCCC(O)(CCC)[C@H](CNCc1ccc(C)cc1C)NC(=O)CNC(=O)c1cc(C(F)(F)F)ccc1NC(=O)OC(C)(C)C. The molecule has 0 fully saturated rings. The minimum absolute atomic E-state index is 0.219. The highest BCUT2D eigenvalue weighted by Gasteiger charge is 2.36. The van der Waals surface area contributed by atoms with Crippen LogP contribution < -0.4 is 21.3 Å². The molecule has 0 heterocycles. The molecule has 5 N–H and O–H groups in total. The Balaban J connectivity index is 2.21. The van der Waals surface area contributed by atoms with E-state index in [9.17, 15) is 32.7 Å². The molecular weight excluding hydrogens is 589 g/mol. The molecule has 0 spiro atoms. The zero-order chi connectivity index (χ0) is 34.0. The summed E-state index contributed by atoms with van der Waals surface area (Å²) < 4.78 is 45.5. The monoisotopic (exact) mass is 636 g/mol. The Labute approximate surface area is 263 Å². The van der Waals surface area contributed by atoms with E-state index in [2.05, 4.69) is 27.3 Å². The first kappa shape index (κ1) is 37.5. The van der Waals surface area contributed by atoms with Crippen LogP contribution in [0.15, 0.2) is 36.4 Å². The second-order valence-electron chi connectivity index (χ2n) is 12.4. The van der Waals surface area contributed by atoms with Gasteiger partial charge in [-0.15, -0.1) is 0 Å². The molecule has 0 saturated carbocycles. The maximum atomic E-state index is 13.5. The Morgan fingerprint density at radius 1 is 0.956 bits per heavy atom. The Morgan fingerprint density at radius 2 is 1.60 bits per heavy atom. The normalized spacial score (nSPS) is 12.8.